The van der Waals surface area contributed by atoms with Crippen molar-refractivity contribution in [3.63, 3.8) is 0 Å². The van der Waals surface area contributed by atoms with E-state index >= 15 is 0 Å². The van der Waals surface area contributed by atoms with Crippen molar-refractivity contribution >= 4 is 43.3 Å². The van der Waals surface area contributed by atoms with Crippen LogP contribution in [0.1, 0.15) is 16.5 Å². The first kappa shape index (κ1) is 21.3. The first-order chi connectivity index (χ1) is 12.6. The minimum absolute atomic E-state index is 0.848. The van der Waals surface area contributed by atoms with Crippen LogP contribution in [0.4, 0.5) is 13.2 Å². The van der Waals surface area contributed by atoms with Crippen molar-refractivity contribution in [1.29, 1.82) is 0 Å². The van der Waals surface area contributed by atoms with Gasteiger partial charge in [-0.1, -0.05) is 15.9 Å². The second kappa shape index (κ2) is 9.29. The van der Waals surface area contributed by atoms with Crippen LogP contribution in [0.5, 0.6) is 0 Å². The van der Waals surface area contributed by atoms with E-state index < -0.39 is 12.1 Å². The van der Waals surface area contributed by atoms with E-state index in [2.05, 4.69) is 60.7 Å². The van der Waals surface area contributed by atoms with Crippen molar-refractivity contribution in [1.82, 2.24) is 20.5 Å². The van der Waals surface area contributed by atoms with E-state index in [4.69, 9.17) is 9.90 Å². The van der Waals surface area contributed by atoms with E-state index in [-0.39, 0.29) is 0 Å². The first-order valence-electron chi connectivity index (χ1n) is 7.72. The van der Waals surface area contributed by atoms with Gasteiger partial charge in [-0.3, -0.25) is 5.10 Å². The summed E-state index contributed by atoms with van der Waals surface area (Å²) in [6.07, 6.45) is -4.24. The average Bonchev–Trinajstić information content (AvgIpc) is 3.16. The molecule has 2 heterocycles. The number of aromatic nitrogens is 3. The van der Waals surface area contributed by atoms with Crippen molar-refractivity contribution in [2.75, 3.05) is 6.54 Å². The third-order valence-electron chi connectivity index (χ3n) is 3.24. The number of carbonyl (C=O) groups is 1. The molecule has 3 aromatic rings. The molecule has 146 valence electrons. The van der Waals surface area contributed by atoms with Gasteiger partial charge in [-0.15, -0.1) is 11.3 Å². The summed E-state index contributed by atoms with van der Waals surface area (Å²) < 4.78 is 34.2. The molecule has 0 bridgehead atoms. The van der Waals surface area contributed by atoms with Crippen LogP contribution in [0.3, 0.4) is 0 Å². The average molecular weight is 465 g/mol. The van der Waals surface area contributed by atoms with Gasteiger partial charge in [-0.2, -0.15) is 18.3 Å². The Morgan fingerprint density at radius 1 is 1.37 bits per heavy atom. The van der Waals surface area contributed by atoms with E-state index in [0.29, 0.717) is 0 Å². The molecule has 6 nitrogen and oxygen atoms in total. The van der Waals surface area contributed by atoms with Crippen LogP contribution in [0.2, 0.25) is 0 Å². The largest absolute Gasteiger partial charge is 0.490 e. The predicted octanol–water partition coefficient (Wildman–Crippen LogP) is 4.06. The number of H-pyrrole nitrogens is 1. The smallest absolute Gasteiger partial charge is 0.475 e. The van der Waals surface area contributed by atoms with Crippen LogP contribution < -0.4 is 5.32 Å². The number of fused-ring (bicyclic) bond motifs is 1. The van der Waals surface area contributed by atoms with Crippen molar-refractivity contribution in [2.45, 2.75) is 26.1 Å². The summed E-state index contributed by atoms with van der Waals surface area (Å²) in [6.45, 7) is 3.69. The molecular weight excluding hydrogens is 449 g/mol. The number of nitrogens with one attached hydrogen (secondary N) is 2. The van der Waals surface area contributed by atoms with Crippen molar-refractivity contribution in [2.24, 2.45) is 0 Å². The number of thiophene rings is 1. The Balaban J connectivity index is 0.000000321. The standard InChI is InChI=1S/C14H15BrN4S.C2HF3O2/c1-9-17-14(19-18-9)4-5-16-8-12-7-10-6-11(15)2-3-13(10)20-12;3-2(4,5)1(6)7/h2-3,6-7,16H,4-5,8H2,1H3,(H,17,18,19);(H,6,7). The maximum absolute atomic E-state index is 10.6. The molecule has 0 spiro atoms. The number of aryl methyl sites for hydroxylation is 1. The maximum atomic E-state index is 10.6. The minimum Gasteiger partial charge on any atom is -0.475 e. The van der Waals surface area contributed by atoms with Crippen molar-refractivity contribution in [3.05, 3.63) is 45.3 Å². The van der Waals surface area contributed by atoms with Gasteiger partial charge in [0.1, 0.15) is 5.82 Å². The molecule has 1 aromatic carbocycles. The highest BCUT2D eigenvalue weighted by molar-refractivity contribution is 9.10. The van der Waals surface area contributed by atoms with Crippen LogP contribution in [0.25, 0.3) is 10.1 Å². The fraction of sp³-hybridized carbons (Fsp3) is 0.312. The zero-order valence-electron chi connectivity index (χ0n) is 14.1. The molecule has 0 aliphatic heterocycles. The van der Waals surface area contributed by atoms with Gasteiger partial charge in [0.25, 0.3) is 0 Å². The number of alkyl halides is 3. The van der Waals surface area contributed by atoms with Gasteiger partial charge in [0.15, 0.2) is 5.82 Å². The van der Waals surface area contributed by atoms with Crippen LogP contribution in [0.15, 0.2) is 28.7 Å². The Hall–Kier alpha value is -1.98. The SMILES string of the molecule is Cc1nc(CCNCc2cc3cc(Br)ccc3s2)n[nH]1.O=C(O)C(F)(F)F. The Morgan fingerprint density at radius 2 is 2.07 bits per heavy atom. The summed E-state index contributed by atoms with van der Waals surface area (Å²) in [7, 11) is 0. The number of halogens is 4. The van der Waals surface area contributed by atoms with Crippen LogP contribution in [-0.4, -0.2) is 39.0 Å². The highest BCUT2D eigenvalue weighted by Gasteiger charge is 2.38. The molecule has 0 saturated carbocycles. The normalized spacial score (nSPS) is 11.3. The van der Waals surface area contributed by atoms with E-state index in [1.54, 1.807) is 0 Å². The Kier molecular flexibility index (Phi) is 7.33. The van der Waals surface area contributed by atoms with Gasteiger partial charge < -0.3 is 10.4 Å². The molecule has 0 saturated heterocycles. The molecule has 0 aliphatic carbocycles. The molecule has 0 amide bonds. The van der Waals surface area contributed by atoms with Crippen LogP contribution >= 0.6 is 27.3 Å². The molecule has 2 aromatic heterocycles. The summed E-state index contributed by atoms with van der Waals surface area (Å²) in [5.74, 6) is -1.02. The topological polar surface area (TPSA) is 90.9 Å². The highest BCUT2D eigenvalue weighted by atomic mass is 79.9. The number of rotatable bonds is 5. The molecule has 3 N–H and O–H groups in total. The second-order valence-electron chi connectivity index (χ2n) is 5.46. The number of benzene rings is 1. The lowest BCUT2D eigenvalue weighted by Gasteiger charge is -1.99. The highest BCUT2D eigenvalue weighted by Crippen LogP contribution is 2.28. The first-order valence-corrected chi connectivity index (χ1v) is 9.33. The van der Waals surface area contributed by atoms with Gasteiger partial charge in [-0.25, -0.2) is 9.78 Å². The molecule has 0 fully saturated rings. The number of aliphatic carboxylic acids is 1. The predicted molar refractivity (Wildman–Crippen MR) is 99.7 cm³/mol. The van der Waals surface area contributed by atoms with E-state index in [1.165, 1.54) is 15.0 Å². The lowest BCUT2D eigenvalue weighted by Crippen LogP contribution is -2.21. The van der Waals surface area contributed by atoms with Crippen molar-refractivity contribution in [3.8, 4) is 0 Å². The summed E-state index contributed by atoms with van der Waals surface area (Å²) in [6, 6.07) is 8.64. The zero-order chi connectivity index (χ0) is 20.0. The number of hydrogen-bond donors (Lipinski definition) is 3. The Labute approximate surface area is 164 Å². The molecular formula is C16H16BrF3N4O2S. The monoisotopic (exact) mass is 464 g/mol. The number of carboxylic acid groups (broad SMARTS) is 1. The number of hydrogen-bond acceptors (Lipinski definition) is 5. The third-order valence-corrected chi connectivity index (χ3v) is 4.85. The number of carboxylic acids is 1. The third kappa shape index (κ3) is 6.92. The summed E-state index contributed by atoms with van der Waals surface area (Å²) in [5.41, 5.74) is 0. The zero-order valence-corrected chi connectivity index (χ0v) is 16.5. The van der Waals surface area contributed by atoms with Gasteiger partial charge >= 0.3 is 12.1 Å². The van der Waals surface area contributed by atoms with Gasteiger partial charge in [-0.05, 0) is 36.6 Å². The number of nitrogens with zero attached hydrogens (tertiary/aromatic N) is 2. The summed E-state index contributed by atoms with van der Waals surface area (Å²) in [5, 5.41) is 18.8. The molecule has 3 rings (SSSR count). The molecule has 27 heavy (non-hydrogen) atoms. The van der Waals surface area contributed by atoms with E-state index in [0.717, 1.165) is 35.6 Å². The van der Waals surface area contributed by atoms with Crippen molar-refractivity contribution < 1.29 is 23.1 Å². The Bertz CT molecular complexity index is 911. The minimum atomic E-state index is -5.08. The van der Waals surface area contributed by atoms with Gasteiger partial charge in [0.2, 0.25) is 0 Å². The lowest BCUT2D eigenvalue weighted by atomic mass is 10.2. The second-order valence-corrected chi connectivity index (χ2v) is 7.55. The van der Waals surface area contributed by atoms with Gasteiger partial charge in [0.05, 0.1) is 0 Å². The molecule has 0 radical (unpaired) electrons. The molecule has 0 unspecified atom stereocenters. The fourth-order valence-corrected chi connectivity index (χ4v) is 3.46. The van der Waals surface area contributed by atoms with E-state index in [9.17, 15) is 13.2 Å². The summed E-state index contributed by atoms with van der Waals surface area (Å²) >= 11 is 5.34. The van der Waals surface area contributed by atoms with Crippen LogP contribution in [0, 0.1) is 6.92 Å². The van der Waals surface area contributed by atoms with E-state index in [1.807, 2.05) is 18.3 Å². The quantitative estimate of drug-likeness (QED) is 0.495. The lowest BCUT2D eigenvalue weighted by molar-refractivity contribution is -0.192. The fourth-order valence-electron chi connectivity index (χ4n) is 2.07. The molecule has 11 heteroatoms. The Morgan fingerprint density at radius 3 is 2.67 bits per heavy atom. The maximum Gasteiger partial charge on any atom is 0.490 e. The molecule has 0 atom stereocenters. The van der Waals surface area contributed by atoms with Gasteiger partial charge in [0, 0.05) is 33.6 Å². The molecule has 0 aliphatic rings. The summed E-state index contributed by atoms with van der Waals surface area (Å²) in [4.78, 5) is 14.5. The number of aromatic amines is 1. The van der Waals surface area contributed by atoms with Crippen LogP contribution in [-0.2, 0) is 17.8 Å².